The topological polar surface area (TPSA) is 63.2 Å². The van der Waals surface area contributed by atoms with Crippen molar-refractivity contribution in [3.8, 4) is 0 Å². The minimum Gasteiger partial charge on any atom is -0.295 e. The molecule has 104 valence electrons. The molecule has 0 heterocycles. The van der Waals surface area contributed by atoms with E-state index < -0.39 is 20.7 Å². The molecule has 1 N–H and O–H groups in total. The predicted molar refractivity (Wildman–Crippen MR) is 73.7 cm³/mol. The molecule has 0 aliphatic carbocycles. The molecule has 0 saturated heterocycles. The number of anilines is 1. The van der Waals surface area contributed by atoms with E-state index in [2.05, 4.69) is 4.72 Å². The molecule has 2 aromatic rings. The van der Waals surface area contributed by atoms with Gasteiger partial charge in [0, 0.05) is 11.3 Å². The number of nitrogens with one attached hydrogen (secondary N) is 1. The van der Waals surface area contributed by atoms with Crippen molar-refractivity contribution in [2.45, 2.75) is 11.8 Å². The fourth-order valence-electron chi connectivity index (χ4n) is 1.67. The van der Waals surface area contributed by atoms with Crippen molar-refractivity contribution in [3.63, 3.8) is 0 Å². The maximum atomic E-state index is 13.5. The molecular weight excluding hydrogens is 281 g/mol. The van der Waals surface area contributed by atoms with E-state index in [1.807, 2.05) is 0 Å². The van der Waals surface area contributed by atoms with E-state index in [0.29, 0.717) is 5.56 Å². The van der Waals surface area contributed by atoms with Gasteiger partial charge in [0.2, 0.25) is 0 Å². The lowest BCUT2D eigenvalue weighted by Crippen LogP contribution is -2.14. The molecule has 2 rings (SSSR count). The Morgan fingerprint density at radius 3 is 2.45 bits per heavy atom. The van der Waals surface area contributed by atoms with E-state index in [0.717, 1.165) is 6.07 Å². The zero-order valence-corrected chi connectivity index (χ0v) is 11.4. The van der Waals surface area contributed by atoms with Crippen LogP contribution in [0.2, 0.25) is 0 Å². The zero-order chi connectivity index (χ0) is 14.8. The number of hydrogen-bond acceptors (Lipinski definition) is 3. The molecule has 0 fully saturated rings. The first-order valence-corrected chi connectivity index (χ1v) is 7.27. The van der Waals surface area contributed by atoms with E-state index in [9.17, 15) is 17.6 Å². The van der Waals surface area contributed by atoms with Gasteiger partial charge in [0.25, 0.3) is 10.0 Å². The molecule has 0 radical (unpaired) electrons. The number of carbonyl (C=O) groups excluding carboxylic acids is 1. The summed E-state index contributed by atoms with van der Waals surface area (Å²) in [5, 5.41) is 0. The van der Waals surface area contributed by atoms with Gasteiger partial charge in [-0.25, -0.2) is 12.8 Å². The van der Waals surface area contributed by atoms with E-state index in [1.165, 1.54) is 37.3 Å². The van der Waals surface area contributed by atoms with Crippen LogP contribution in [0.1, 0.15) is 17.3 Å². The maximum Gasteiger partial charge on any atom is 0.264 e. The molecule has 6 heteroatoms. The summed E-state index contributed by atoms with van der Waals surface area (Å²) >= 11 is 0. The highest BCUT2D eigenvalue weighted by molar-refractivity contribution is 7.92. The number of ketones is 1. The minimum absolute atomic E-state index is 0.183. The van der Waals surface area contributed by atoms with E-state index >= 15 is 0 Å². The zero-order valence-electron chi connectivity index (χ0n) is 10.6. The van der Waals surface area contributed by atoms with Gasteiger partial charge >= 0.3 is 0 Å². The number of benzene rings is 2. The van der Waals surface area contributed by atoms with Crippen LogP contribution in [0.3, 0.4) is 0 Å². The normalized spacial score (nSPS) is 11.1. The van der Waals surface area contributed by atoms with Gasteiger partial charge in [0.05, 0.1) is 0 Å². The second-order valence-corrected chi connectivity index (χ2v) is 5.82. The summed E-state index contributed by atoms with van der Waals surface area (Å²) in [5.74, 6) is -1.01. The largest absolute Gasteiger partial charge is 0.295 e. The number of Topliss-reactive ketones (excluding diaryl/α,β-unsaturated/α-hetero) is 1. The molecule has 0 amide bonds. The number of carbonyl (C=O) groups is 1. The summed E-state index contributed by atoms with van der Waals surface area (Å²) in [6.45, 7) is 1.38. The lowest BCUT2D eigenvalue weighted by Gasteiger charge is -2.09. The Morgan fingerprint density at radius 1 is 1.10 bits per heavy atom. The van der Waals surface area contributed by atoms with Crippen molar-refractivity contribution < 1.29 is 17.6 Å². The predicted octanol–water partition coefficient (Wildman–Crippen LogP) is 2.83. The number of rotatable bonds is 4. The van der Waals surface area contributed by atoms with Crippen LogP contribution in [0.5, 0.6) is 0 Å². The van der Waals surface area contributed by atoms with E-state index in [-0.39, 0.29) is 11.5 Å². The van der Waals surface area contributed by atoms with Crippen LogP contribution in [-0.2, 0) is 10.0 Å². The van der Waals surface area contributed by atoms with Crippen molar-refractivity contribution in [1.29, 1.82) is 0 Å². The van der Waals surface area contributed by atoms with Crippen LogP contribution in [0.15, 0.2) is 53.4 Å². The molecule has 0 atom stereocenters. The molecule has 20 heavy (non-hydrogen) atoms. The van der Waals surface area contributed by atoms with Crippen LogP contribution in [0, 0.1) is 5.82 Å². The summed E-state index contributed by atoms with van der Waals surface area (Å²) in [5.41, 5.74) is 0.583. The highest BCUT2D eigenvalue weighted by Crippen LogP contribution is 2.19. The molecule has 0 unspecified atom stereocenters. The third kappa shape index (κ3) is 3.03. The Bertz CT molecular complexity index is 757. The first-order chi connectivity index (χ1) is 9.40. The van der Waals surface area contributed by atoms with Crippen LogP contribution >= 0.6 is 0 Å². The van der Waals surface area contributed by atoms with Gasteiger partial charge in [0.15, 0.2) is 5.78 Å². The van der Waals surface area contributed by atoms with Gasteiger partial charge in [-0.15, -0.1) is 0 Å². The minimum atomic E-state index is -4.02. The Balaban J connectivity index is 2.36. The average molecular weight is 293 g/mol. The smallest absolute Gasteiger partial charge is 0.264 e. The van der Waals surface area contributed by atoms with Gasteiger partial charge in [-0.2, -0.15) is 0 Å². The van der Waals surface area contributed by atoms with Crippen molar-refractivity contribution in [1.82, 2.24) is 0 Å². The van der Waals surface area contributed by atoms with Crippen molar-refractivity contribution in [2.75, 3.05) is 4.72 Å². The van der Waals surface area contributed by atoms with Gasteiger partial charge in [-0.3, -0.25) is 9.52 Å². The summed E-state index contributed by atoms with van der Waals surface area (Å²) in [4.78, 5) is 10.8. The third-order valence-electron chi connectivity index (χ3n) is 2.65. The fraction of sp³-hybridized carbons (Fsp3) is 0.0714. The molecule has 0 aromatic heterocycles. The van der Waals surface area contributed by atoms with Gasteiger partial charge < -0.3 is 0 Å². The Labute approximate surface area is 116 Å². The summed E-state index contributed by atoms with van der Waals surface area (Å²) in [6.07, 6.45) is 0. The lowest BCUT2D eigenvalue weighted by atomic mass is 10.1. The number of sulfonamides is 1. The van der Waals surface area contributed by atoms with Gasteiger partial charge in [0.1, 0.15) is 10.7 Å². The van der Waals surface area contributed by atoms with Crippen LogP contribution in [-0.4, -0.2) is 14.2 Å². The monoisotopic (exact) mass is 293 g/mol. The standard InChI is InChI=1S/C14H12FNO3S/c1-10(17)11-5-4-6-12(9-11)16-20(18,19)14-8-3-2-7-13(14)15/h2-9,16H,1H3. The molecular formula is C14H12FNO3S. The van der Waals surface area contributed by atoms with Gasteiger partial charge in [-0.05, 0) is 31.2 Å². The second kappa shape index (κ2) is 5.42. The second-order valence-electron chi connectivity index (χ2n) is 4.17. The first kappa shape index (κ1) is 14.2. The summed E-state index contributed by atoms with van der Waals surface area (Å²) < 4.78 is 39.9. The molecule has 2 aromatic carbocycles. The molecule has 0 spiro atoms. The van der Waals surface area contributed by atoms with Crippen LogP contribution in [0.25, 0.3) is 0 Å². The number of halogens is 1. The average Bonchev–Trinajstić information content (AvgIpc) is 2.38. The summed E-state index contributed by atoms with van der Waals surface area (Å²) in [7, 11) is -4.02. The molecule has 0 bridgehead atoms. The van der Waals surface area contributed by atoms with Crippen molar-refractivity contribution >= 4 is 21.5 Å². The van der Waals surface area contributed by atoms with Gasteiger partial charge in [-0.1, -0.05) is 24.3 Å². The highest BCUT2D eigenvalue weighted by Gasteiger charge is 2.18. The maximum absolute atomic E-state index is 13.5. The molecule has 4 nitrogen and oxygen atoms in total. The summed E-state index contributed by atoms with van der Waals surface area (Å²) in [6, 6.07) is 11.1. The number of hydrogen-bond donors (Lipinski definition) is 1. The third-order valence-corrected chi connectivity index (χ3v) is 4.06. The Kier molecular flexibility index (Phi) is 3.85. The first-order valence-electron chi connectivity index (χ1n) is 5.78. The van der Waals surface area contributed by atoms with E-state index in [4.69, 9.17) is 0 Å². The molecule has 0 saturated carbocycles. The Morgan fingerprint density at radius 2 is 1.80 bits per heavy atom. The van der Waals surface area contributed by atoms with E-state index in [1.54, 1.807) is 12.1 Å². The van der Waals surface area contributed by atoms with Crippen LogP contribution in [0.4, 0.5) is 10.1 Å². The molecule has 0 aliphatic rings. The quantitative estimate of drug-likeness (QED) is 0.882. The highest BCUT2D eigenvalue weighted by atomic mass is 32.2. The van der Waals surface area contributed by atoms with Crippen molar-refractivity contribution in [2.24, 2.45) is 0 Å². The molecule has 0 aliphatic heterocycles. The van der Waals surface area contributed by atoms with Crippen LogP contribution < -0.4 is 4.72 Å². The van der Waals surface area contributed by atoms with Crippen molar-refractivity contribution in [3.05, 3.63) is 59.9 Å². The Hall–Kier alpha value is -2.21. The lowest BCUT2D eigenvalue weighted by molar-refractivity contribution is 0.101. The SMILES string of the molecule is CC(=O)c1cccc(NS(=O)(=O)c2ccccc2F)c1. The fourth-order valence-corrected chi connectivity index (χ4v) is 2.80.